The molecule has 0 bridgehead atoms. The predicted octanol–water partition coefficient (Wildman–Crippen LogP) is 3.17. The highest BCUT2D eigenvalue weighted by atomic mass is 14.9. The molecule has 0 saturated heterocycles. The minimum absolute atomic E-state index is 0.240. The molecule has 3 nitrogen and oxygen atoms in total. The van der Waals surface area contributed by atoms with Gasteiger partial charge in [0, 0.05) is 24.0 Å². The Hall–Kier alpha value is -1.74. The van der Waals surface area contributed by atoms with Crippen LogP contribution in [0.25, 0.3) is 0 Å². The lowest BCUT2D eigenvalue weighted by Gasteiger charge is -2.31. The molecule has 0 spiro atoms. The van der Waals surface area contributed by atoms with Crippen LogP contribution in [0.2, 0.25) is 0 Å². The van der Waals surface area contributed by atoms with E-state index in [2.05, 4.69) is 34.3 Å². The third-order valence-electron chi connectivity index (χ3n) is 4.21. The quantitative estimate of drug-likeness (QED) is 0.928. The molecule has 2 aromatic rings. The van der Waals surface area contributed by atoms with Crippen molar-refractivity contribution in [2.75, 3.05) is 7.05 Å². The molecule has 2 unspecified atom stereocenters. The minimum Gasteiger partial charge on any atom is -0.311 e. The van der Waals surface area contributed by atoms with Crippen LogP contribution < -0.4 is 5.32 Å². The van der Waals surface area contributed by atoms with E-state index in [1.165, 1.54) is 29.7 Å². The number of pyridine rings is 2. The van der Waals surface area contributed by atoms with E-state index >= 15 is 0 Å². The number of likely N-dealkylation sites (N-methyl/N-ethyl adjacent to an activating group) is 1. The standard InChI is InChI=1S/C17H21N3/c1-12-8-10-19-15(11-12)17(18-2)14-7-3-5-13-6-4-9-20-16(13)14/h4,6,8-11,14,17-18H,3,5,7H2,1-2H3. The van der Waals surface area contributed by atoms with E-state index in [9.17, 15) is 0 Å². The molecule has 1 N–H and O–H groups in total. The van der Waals surface area contributed by atoms with E-state index in [4.69, 9.17) is 0 Å². The summed E-state index contributed by atoms with van der Waals surface area (Å²) in [5.74, 6) is 0.416. The molecule has 0 aliphatic heterocycles. The van der Waals surface area contributed by atoms with Crippen LogP contribution in [0.4, 0.5) is 0 Å². The summed E-state index contributed by atoms with van der Waals surface area (Å²) in [4.78, 5) is 9.22. The van der Waals surface area contributed by atoms with Crippen molar-refractivity contribution in [1.29, 1.82) is 0 Å². The highest BCUT2D eigenvalue weighted by Crippen LogP contribution is 2.38. The normalized spacial score (nSPS) is 19.4. The fourth-order valence-electron chi connectivity index (χ4n) is 3.25. The lowest BCUT2D eigenvalue weighted by atomic mass is 9.80. The molecule has 0 fully saturated rings. The summed E-state index contributed by atoms with van der Waals surface area (Å²) in [6.07, 6.45) is 7.36. The summed E-state index contributed by atoms with van der Waals surface area (Å²) >= 11 is 0. The number of rotatable bonds is 3. The van der Waals surface area contributed by atoms with Crippen LogP contribution in [-0.4, -0.2) is 17.0 Å². The van der Waals surface area contributed by atoms with E-state index < -0.39 is 0 Å². The topological polar surface area (TPSA) is 37.8 Å². The van der Waals surface area contributed by atoms with Crippen molar-refractivity contribution < 1.29 is 0 Å². The van der Waals surface area contributed by atoms with Crippen molar-refractivity contribution in [3.8, 4) is 0 Å². The number of hydrogen-bond acceptors (Lipinski definition) is 3. The lowest BCUT2D eigenvalue weighted by Crippen LogP contribution is -2.28. The van der Waals surface area contributed by atoms with Gasteiger partial charge in [0.2, 0.25) is 0 Å². The van der Waals surface area contributed by atoms with Crippen LogP contribution in [0, 0.1) is 6.92 Å². The maximum Gasteiger partial charge on any atom is 0.0582 e. The summed E-state index contributed by atoms with van der Waals surface area (Å²) in [6.45, 7) is 2.12. The first kappa shape index (κ1) is 13.3. The van der Waals surface area contributed by atoms with E-state index in [0.29, 0.717) is 5.92 Å². The first-order valence-corrected chi connectivity index (χ1v) is 7.33. The Morgan fingerprint density at radius 2 is 2.15 bits per heavy atom. The Morgan fingerprint density at radius 3 is 2.95 bits per heavy atom. The number of aryl methyl sites for hydroxylation is 2. The van der Waals surface area contributed by atoms with Crippen LogP contribution in [0.1, 0.15) is 47.3 Å². The smallest absolute Gasteiger partial charge is 0.0582 e. The van der Waals surface area contributed by atoms with Gasteiger partial charge in [-0.2, -0.15) is 0 Å². The van der Waals surface area contributed by atoms with Crippen LogP contribution in [0.15, 0.2) is 36.7 Å². The van der Waals surface area contributed by atoms with Crippen LogP contribution in [-0.2, 0) is 6.42 Å². The molecule has 1 aliphatic carbocycles. The van der Waals surface area contributed by atoms with Gasteiger partial charge in [0.1, 0.15) is 0 Å². The molecule has 1 aliphatic rings. The maximum atomic E-state index is 4.65. The zero-order valence-corrected chi connectivity index (χ0v) is 12.1. The summed E-state index contributed by atoms with van der Waals surface area (Å²) in [5, 5.41) is 3.45. The van der Waals surface area contributed by atoms with E-state index in [1.807, 2.05) is 31.6 Å². The van der Waals surface area contributed by atoms with Gasteiger partial charge in [-0.1, -0.05) is 6.07 Å². The zero-order chi connectivity index (χ0) is 13.9. The number of hydrogen-bond donors (Lipinski definition) is 1. The van der Waals surface area contributed by atoms with Gasteiger partial charge >= 0.3 is 0 Å². The Kier molecular flexibility index (Phi) is 3.79. The Balaban J connectivity index is 1.99. The molecule has 3 rings (SSSR count). The molecule has 0 aromatic carbocycles. The first-order chi connectivity index (χ1) is 9.79. The highest BCUT2D eigenvalue weighted by Gasteiger charge is 2.29. The van der Waals surface area contributed by atoms with Gasteiger partial charge < -0.3 is 5.32 Å². The molecule has 0 saturated carbocycles. The second kappa shape index (κ2) is 5.71. The first-order valence-electron chi connectivity index (χ1n) is 7.33. The van der Waals surface area contributed by atoms with Crippen molar-refractivity contribution in [3.05, 3.63) is 59.2 Å². The average molecular weight is 267 g/mol. The number of nitrogens with one attached hydrogen (secondary N) is 1. The van der Waals surface area contributed by atoms with Crippen molar-refractivity contribution >= 4 is 0 Å². The fourth-order valence-corrected chi connectivity index (χ4v) is 3.25. The monoisotopic (exact) mass is 267 g/mol. The molecular weight excluding hydrogens is 246 g/mol. The zero-order valence-electron chi connectivity index (χ0n) is 12.1. The van der Waals surface area contributed by atoms with E-state index in [-0.39, 0.29) is 6.04 Å². The second-order valence-corrected chi connectivity index (χ2v) is 5.57. The largest absolute Gasteiger partial charge is 0.311 e. The summed E-state index contributed by atoms with van der Waals surface area (Å²) in [6, 6.07) is 8.72. The SMILES string of the molecule is CNC(c1cc(C)ccn1)C1CCCc2cccnc21. The molecule has 2 aromatic heterocycles. The van der Waals surface area contributed by atoms with Crippen LogP contribution in [0.5, 0.6) is 0 Å². The lowest BCUT2D eigenvalue weighted by molar-refractivity contribution is 0.409. The molecular formula is C17H21N3. The predicted molar refractivity (Wildman–Crippen MR) is 80.7 cm³/mol. The third kappa shape index (κ3) is 2.46. The Labute approximate surface area is 120 Å². The third-order valence-corrected chi connectivity index (χ3v) is 4.21. The van der Waals surface area contributed by atoms with Gasteiger partial charge in [-0.15, -0.1) is 0 Å². The molecule has 20 heavy (non-hydrogen) atoms. The molecule has 0 radical (unpaired) electrons. The number of nitrogens with zero attached hydrogens (tertiary/aromatic N) is 2. The van der Waals surface area contributed by atoms with Gasteiger partial charge in [-0.05, 0) is 62.6 Å². The van der Waals surface area contributed by atoms with Gasteiger partial charge in [-0.3, -0.25) is 9.97 Å². The molecule has 3 heteroatoms. The molecule has 2 heterocycles. The fraction of sp³-hybridized carbons (Fsp3) is 0.412. The number of aromatic nitrogens is 2. The Bertz CT molecular complexity index is 594. The molecule has 2 atom stereocenters. The van der Waals surface area contributed by atoms with E-state index in [0.717, 1.165) is 12.1 Å². The van der Waals surface area contributed by atoms with Crippen molar-refractivity contribution in [2.24, 2.45) is 0 Å². The van der Waals surface area contributed by atoms with Crippen LogP contribution >= 0.6 is 0 Å². The van der Waals surface area contributed by atoms with Crippen molar-refractivity contribution in [1.82, 2.24) is 15.3 Å². The van der Waals surface area contributed by atoms with Gasteiger partial charge in [-0.25, -0.2) is 0 Å². The van der Waals surface area contributed by atoms with Crippen molar-refractivity contribution in [3.63, 3.8) is 0 Å². The summed E-state index contributed by atoms with van der Waals surface area (Å²) in [7, 11) is 2.02. The molecule has 0 amide bonds. The summed E-state index contributed by atoms with van der Waals surface area (Å²) < 4.78 is 0. The average Bonchev–Trinajstić information content (AvgIpc) is 2.48. The Morgan fingerprint density at radius 1 is 1.25 bits per heavy atom. The van der Waals surface area contributed by atoms with Gasteiger partial charge in [0.05, 0.1) is 11.7 Å². The van der Waals surface area contributed by atoms with Gasteiger partial charge in [0.15, 0.2) is 0 Å². The second-order valence-electron chi connectivity index (χ2n) is 5.57. The van der Waals surface area contributed by atoms with E-state index in [1.54, 1.807) is 0 Å². The highest BCUT2D eigenvalue weighted by molar-refractivity contribution is 5.30. The summed E-state index contributed by atoms with van der Waals surface area (Å²) in [5.41, 5.74) is 5.03. The maximum absolute atomic E-state index is 4.65. The van der Waals surface area contributed by atoms with Crippen molar-refractivity contribution in [2.45, 2.75) is 38.1 Å². The van der Waals surface area contributed by atoms with Crippen LogP contribution in [0.3, 0.4) is 0 Å². The van der Waals surface area contributed by atoms with Gasteiger partial charge in [0.25, 0.3) is 0 Å². The minimum atomic E-state index is 0.240. The molecule has 104 valence electrons. The number of fused-ring (bicyclic) bond motifs is 1.